The minimum absolute atomic E-state index is 0.0168. The maximum atomic E-state index is 14.9. The molecule has 440 valence electrons. The van der Waals surface area contributed by atoms with Crippen LogP contribution in [-0.4, -0.2) is 124 Å². The Kier molecular flexibility index (Phi) is 21.4. The highest BCUT2D eigenvalue weighted by atomic mass is 33.1. The molecule has 15 N–H and O–H groups in total. The van der Waals surface area contributed by atoms with Gasteiger partial charge in [-0.25, -0.2) is 0 Å². The molecule has 0 aliphatic carbocycles. The Labute approximate surface area is 494 Å². The third-order valence-corrected chi connectivity index (χ3v) is 17.1. The van der Waals surface area contributed by atoms with Crippen molar-refractivity contribution in [3.63, 3.8) is 0 Å². The molecule has 1 saturated heterocycles. The molecule has 7 aromatic rings. The third kappa shape index (κ3) is 16.6. The molecule has 8 amide bonds. The lowest BCUT2D eigenvalue weighted by Crippen LogP contribution is -2.61. The first-order chi connectivity index (χ1) is 40.4. The van der Waals surface area contributed by atoms with Crippen LogP contribution >= 0.6 is 21.6 Å². The number of fused-ring (bicyclic) bond motifs is 3. The van der Waals surface area contributed by atoms with Gasteiger partial charge < -0.3 is 64.5 Å². The first kappa shape index (κ1) is 61.6. The molecule has 2 heterocycles. The van der Waals surface area contributed by atoms with Gasteiger partial charge in [-0.2, -0.15) is 0 Å². The molecule has 0 bridgehead atoms. The van der Waals surface area contributed by atoms with Crippen LogP contribution < -0.4 is 54.4 Å². The van der Waals surface area contributed by atoms with E-state index in [0.717, 1.165) is 59.6 Å². The molecule has 1 aliphatic rings. The molecule has 0 saturated carbocycles. The normalized spacial score (nSPS) is 20.4. The number of aromatic hydroxyl groups is 1. The molecule has 8 unspecified atom stereocenters. The molecule has 1 fully saturated rings. The summed E-state index contributed by atoms with van der Waals surface area (Å²) in [6.07, 6.45) is 1.88. The summed E-state index contributed by atoms with van der Waals surface area (Å²) in [6, 6.07) is 29.6. The Balaban J connectivity index is 1.14. The summed E-state index contributed by atoms with van der Waals surface area (Å²) in [7, 11) is 2.13. The topological polar surface area (TPSA) is 335 Å². The van der Waals surface area contributed by atoms with Crippen molar-refractivity contribution in [2.75, 3.05) is 18.1 Å². The summed E-state index contributed by atoms with van der Waals surface area (Å²) in [5, 5.41) is 34.4. The van der Waals surface area contributed by atoms with Gasteiger partial charge in [0.1, 0.15) is 48.0 Å². The number of amides is 8. The number of benzene rings is 6. The Morgan fingerprint density at radius 1 is 0.631 bits per heavy atom. The number of phenolic OH excluding ortho intramolecular Hbond substituents is 1. The second-order valence-electron chi connectivity index (χ2n) is 21.3. The van der Waals surface area contributed by atoms with Gasteiger partial charge in [-0.1, -0.05) is 151 Å². The summed E-state index contributed by atoms with van der Waals surface area (Å²) in [6.45, 7) is 3.52. The number of primary amides is 1. The summed E-state index contributed by atoms with van der Waals surface area (Å²) in [5.41, 5.74) is 21.8. The average Bonchev–Trinajstić information content (AvgIpc) is 4.10. The van der Waals surface area contributed by atoms with Crippen molar-refractivity contribution in [2.45, 2.75) is 101 Å². The highest BCUT2D eigenvalue weighted by molar-refractivity contribution is 8.76. The van der Waals surface area contributed by atoms with E-state index in [4.69, 9.17) is 17.2 Å². The molecule has 22 heteroatoms. The van der Waals surface area contributed by atoms with Gasteiger partial charge in [0, 0.05) is 47.9 Å². The van der Waals surface area contributed by atoms with Crippen LogP contribution in [0, 0.1) is 5.92 Å². The first-order valence-corrected chi connectivity index (χ1v) is 30.3. The zero-order chi connectivity index (χ0) is 59.9. The lowest BCUT2D eigenvalue weighted by atomic mass is 10.00. The maximum Gasteiger partial charge on any atom is 0.244 e. The number of aromatic nitrogens is 1. The van der Waals surface area contributed by atoms with E-state index in [-0.39, 0.29) is 62.3 Å². The lowest BCUT2D eigenvalue weighted by Gasteiger charge is -2.29. The van der Waals surface area contributed by atoms with Crippen LogP contribution in [0.15, 0.2) is 140 Å². The number of rotatable bonds is 17. The first-order valence-electron chi connectivity index (χ1n) is 27.8. The van der Waals surface area contributed by atoms with Crippen LogP contribution in [0.25, 0.3) is 32.4 Å². The van der Waals surface area contributed by atoms with Crippen molar-refractivity contribution in [2.24, 2.45) is 23.1 Å². The Morgan fingerprint density at radius 2 is 1.19 bits per heavy atom. The standard InChI is InChI=1S/C62H71N11O9S2/c1-35(2)54-62(82)72-53(60(80)68-49(55(65)75)30-38-18-22-40-11-4-6-13-42(40)27-38)34-84-83-33-52(71-56(76)46(64)28-37-17-21-39-10-3-5-12-41(39)26-37)61(81)69-50(29-36-19-23-44(74)24-20-36)58(78)70-51(31-43-32-66-47-15-8-7-14-45(43)47)59(79)67-48(16-9-25-63)57(77)73-54/h3-8,10-15,17-24,26-27,32,35,46,48-54,66,74H,9,16,25,28-31,33-34,63-64H2,1-2H3,(H2,65,75)(H,67,79)(H,68,80)(H,69,81)(H,70,78)(H,71,76)(H,72,82)(H,73,77). The molecule has 8 atom stereocenters. The number of aromatic amines is 1. The minimum Gasteiger partial charge on any atom is -0.508 e. The molecular weight excluding hydrogens is 1110 g/mol. The molecule has 6 aromatic carbocycles. The molecular formula is C62H71N11O9S2. The number of carbonyl (C=O) groups is 8. The number of nitrogens with one attached hydrogen (secondary N) is 8. The van der Waals surface area contributed by atoms with Crippen LogP contribution in [0.2, 0.25) is 0 Å². The van der Waals surface area contributed by atoms with E-state index in [2.05, 4.69) is 42.2 Å². The number of para-hydroxylation sites is 1. The summed E-state index contributed by atoms with van der Waals surface area (Å²) < 4.78 is 0. The van der Waals surface area contributed by atoms with Crippen molar-refractivity contribution in [3.05, 3.63) is 162 Å². The van der Waals surface area contributed by atoms with E-state index in [1.807, 2.05) is 109 Å². The maximum absolute atomic E-state index is 14.9. The van der Waals surface area contributed by atoms with E-state index < -0.39 is 102 Å². The molecule has 1 aliphatic heterocycles. The zero-order valence-electron chi connectivity index (χ0n) is 46.6. The van der Waals surface area contributed by atoms with Crippen LogP contribution in [0.5, 0.6) is 5.75 Å². The van der Waals surface area contributed by atoms with Crippen molar-refractivity contribution in [1.29, 1.82) is 0 Å². The SMILES string of the molecule is CC(C)C1NC(=O)C(CCCN)NC(=O)C(Cc2c[nH]c3ccccc23)NC(=O)C(Cc2ccc(O)cc2)NC(=O)C(NC(=O)C(N)Cc2ccc3ccccc3c2)CSSCC(C(=O)NC(Cc2ccc3ccccc3c2)C(N)=O)NC1=O. The van der Waals surface area contributed by atoms with Gasteiger partial charge in [0.15, 0.2) is 0 Å². The van der Waals surface area contributed by atoms with Crippen LogP contribution in [0.1, 0.15) is 48.9 Å². The average molecular weight is 1180 g/mol. The van der Waals surface area contributed by atoms with Gasteiger partial charge in [-0.05, 0) is 93.7 Å². The van der Waals surface area contributed by atoms with Gasteiger partial charge in [-0.15, -0.1) is 0 Å². The fraction of sp³-hybridized carbons (Fsp3) is 0.323. The van der Waals surface area contributed by atoms with E-state index in [9.17, 15) is 43.5 Å². The molecule has 84 heavy (non-hydrogen) atoms. The lowest BCUT2D eigenvalue weighted by molar-refractivity contribution is -0.136. The van der Waals surface area contributed by atoms with Gasteiger partial charge in [0.05, 0.1) is 6.04 Å². The van der Waals surface area contributed by atoms with Crippen LogP contribution in [0.4, 0.5) is 0 Å². The Hall–Kier alpha value is -8.44. The quantitative estimate of drug-likeness (QED) is 0.0583. The van der Waals surface area contributed by atoms with E-state index in [1.54, 1.807) is 32.2 Å². The fourth-order valence-corrected chi connectivity index (χ4v) is 12.3. The molecule has 0 spiro atoms. The summed E-state index contributed by atoms with van der Waals surface area (Å²) >= 11 is 0. The number of hydrogen-bond donors (Lipinski definition) is 12. The largest absolute Gasteiger partial charge is 0.508 e. The fourth-order valence-electron chi connectivity index (χ4n) is 9.95. The molecule has 1 aromatic heterocycles. The van der Waals surface area contributed by atoms with Gasteiger partial charge in [-0.3, -0.25) is 38.4 Å². The van der Waals surface area contributed by atoms with E-state index in [1.165, 1.54) is 12.1 Å². The Morgan fingerprint density at radius 3 is 1.83 bits per heavy atom. The smallest absolute Gasteiger partial charge is 0.244 e. The highest BCUT2D eigenvalue weighted by Crippen LogP contribution is 2.26. The molecule has 20 nitrogen and oxygen atoms in total. The number of hydrogen-bond acceptors (Lipinski definition) is 13. The van der Waals surface area contributed by atoms with Crippen molar-refractivity contribution < 1.29 is 43.5 Å². The van der Waals surface area contributed by atoms with Crippen LogP contribution in [0.3, 0.4) is 0 Å². The highest BCUT2D eigenvalue weighted by Gasteiger charge is 2.36. The van der Waals surface area contributed by atoms with Gasteiger partial charge in [0.25, 0.3) is 0 Å². The minimum atomic E-state index is -1.41. The number of nitrogens with two attached hydrogens (primary N) is 3. The number of H-pyrrole nitrogens is 1. The predicted molar refractivity (Wildman–Crippen MR) is 328 cm³/mol. The van der Waals surface area contributed by atoms with E-state index >= 15 is 0 Å². The number of phenols is 1. The monoisotopic (exact) mass is 1180 g/mol. The zero-order valence-corrected chi connectivity index (χ0v) is 48.2. The van der Waals surface area contributed by atoms with E-state index in [0.29, 0.717) is 16.7 Å². The molecule has 8 rings (SSSR count). The van der Waals surface area contributed by atoms with Crippen molar-refractivity contribution in [3.8, 4) is 5.75 Å². The van der Waals surface area contributed by atoms with Crippen molar-refractivity contribution in [1.82, 2.24) is 42.2 Å². The predicted octanol–water partition coefficient (Wildman–Crippen LogP) is 3.45. The van der Waals surface area contributed by atoms with Gasteiger partial charge >= 0.3 is 0 Å². The third-order valence-electron chi connectivity index (χ3n) is 14.7. The molecule has 0 radical (unpaired) electrons. The van der Waals surface area contributed by atoms with Crippen LogP contribution in [-0.2, 0) is 64.0 Å². The second kappa shape index (κ2) is 29.2. The summed E-state index contributed by atoms with van der Waals surface area (Å²) in [4.78, 5) is 119. The van der Waals surface area contributed by atoms with Crippen molar-refractivity contribution >= 4 is 101 Å². The Bertz CT molecular complexity index is 3510. The number of carbonyl (C=O) groups excluding carboxylic acids is 8. The second-order valence-corrected chi connectivity index (χ2v) is 23.9. The summed E-state index contributed by atoms with van der Waals surface area (Å²) in [5.74, 6) is -7.15. The van der Waals surface area contributed by atoms with Gasteiger partial charge in [0.2, 0.25) is 47.3 Å².